The van der Waals surface area contributed by atoms with E-state index in [4.69, 9.17) is 5.73 Å². The summed E-state index contributed by atoms with van der Waals surface area (Å²) in [6, 6.07) is 3.48. The lowest BCUT2D eigenvalue weighted by Gasteiger charge is -2.41. The fourth-order valence-corrected chi connectivity index (χ4v) is 2.16. The molecule has 0 heterocycles. The fraction of sp³-hybridized carbons (Fsp3) is 0.462. The first-order valence-corrected chi connectivity index (χ1v) is 6.00. The number of hydrogen-bond donors (Lipinski definition) is 2. The molecule has 0 aliphatic heterocycles. The van der Waals surface area contributed by atoms with Crippen molar-refractivity contribution >= 4 is 5.91 Å². The maximum atomic E-state index is 13.0. The van der Waals surface area contributed by atoms with Crippen LogP contribution in [0.5, 0.6) is 0 Å². The molecule has 1 aliphatic carbocycles. The molecule has 18 heavy (non-hydrogen) atoms. The van der Waals surface area contributed by atoms with Gasteiger partial charge in [0.25, 0.3) is 0 Å². The molecule has 3 nitrogen and oxygen atoms in total. The van der Waals surface area contributed by atoms with Crippen LogP contribution in [0.15, 0.2) is 18.2 Å². The number of nitrogens with two attached hydrogens (primary N) is 1. The molecular formula is C13H16F2N2O. The number of amides is 1. The van der Waals surface area contributed by atoms with Gasteiger partial charge in [-0.3, -0.25) is 4.79 Å². The quantitative estimate of drug-likeness (QED) is 0.855. The Labute approximate surface area is 104 Å². The number of nitrogens with one attached hydrogen (secondary N) is 1. The Bertz CT molecular complexity index is 453. The zero-order valence-electron chi connectivity index (χ0n) is 10.0. The summed E-state index contributed by atoms with van der Waals surface area (Å²) in [6.45, 7) is 0.413. The smallest absolute Gasteiger partial charge is 0.224 e. The van der Waals surface area contributed by atoms with Gasteiger partial charge >= 0.3 is 0 Å². The van der Waals surface area contributed by atoms with Crippen LogP contribution in [0.25, 0.3) is 0 Å². The molecule has 1 fully saturated rings. The molecule has 0 unspecified atom stereocenters. The maximum absolute atomic E-state index is 13.0. The van der Waals surface area contributed by atoms with Gasteiger partial charge in [0.15, 0.2) is 11.6 Å². The number of rotatable bonds is 4. The van der Waals surface area contributed by atoms with Crippen molar-refractivity contribution in [2.75, 3.05) is 6.54 Å². The van der Waals surface area contributed by atoms with E-state index in [-0.39, 0.29) is 17.9 Å². The van der Waals surface area contributed by atoms with Crippen LogP contribution < -0.4 is 11.1 Å². The summed E-state index contributed by atoms with van der Waals surface area (Å²) in [7, 11) is 0. The highest BCUT2D eigenvalue weighted by atomic mass is 19.2. The van der Waals surface area contributed by atoms with Gasteiger partial charge in [-0.2, -0.15) is 0 Å². The molecule has 5 heteroatoms. The Morgan fingerprint density at radius 1 is 1.33 bits per heavy atom. The van der Waals surface area contributed by atoms with Crippen molar-refractivity contribution < 1.29 is 13.6 Å². The number of carbonyl (C=O) groups excluding carboxylic acids is 1. The third-order valence-electron chi connectivity index (χ3n) is 3.45. The van der Waals surface area contributed by atoms with E-state index < -0.39 is 11.6 Å². The monoisotopic (exact) mass is 254 g/mol. The molecule has 98 valence electrons. The van der Waals surface area contributed by atoms with Crippen LogP contribution in [0, 0.1) is 11.6 Å². The number of carbonyl (C=O) groups is 1. The van der Waals surface area contributed by atoms with Gasteiger partial charge in [0.2, 0.25) is 5.91 Å². The van der Waals surface area contributed by atoms with Gasteiger partial charge in [-0.1, -0.05) is 6.07 Å². The lowest BCUT2D eigenvalue weighted by atomic mass is 9.76. The Morgan fingerprint density at radius 3 is 2.56 bits per heavy atom. The average molecular weight is 254 g/mol. The van der Waals surface area contributed by atoms with E-state index in [2.05, 4.69) is 5.32 Å². The van der Waals surface area contributed by atoms with Crippen LogP contribution in [-0.4, -0.2) is 18.0 Å². The molecule has 1 amide bonds. The van der Waals surface area contributed by atoms with Crippen LogP contribution in [0.3, 0.4) is 0 Å². The van der Waals surface area contributed by atoms with E-state index in [1.807, 2.05) is 0 Å². The molecule has 1 saturated carbocycles. The summed E-state index contributed by atoms with van der Waals surface area (Å²) in [5.74, 6) is -2.04. The molecule has 3 N–H and O–H groups in total. The average Bonchev–Trinajstić information content (AvgIpc) is 2.29. The van der Waals surface area contributed by atoms with Gasteiger partial charge in [-0.05, 0) is 37.0 Å². The molecular weight excluding hydrogens is 238 g/mol. The predicted molar refractivity (Wildman–Crippen MR) is 63.8 cm³/mol. The van der Waals surface area contributed by atoms with Crippen LogP contribution in [-0.2, 0) is 11.2 Å². The van der Waals surface area contributed by atoms with E-state index in [9.17, 15) is 13.6 Å². The van der Waals surface area contributed by atoms with Crippen LogP contribution >= 0.6 is 0 Å². The van der Waals surface area contributed by atoms with E-state index in [0.29, 0.717) is 12.1 Å². The predicted octanol–water partition coefficient (Wildman–Crippen LogP) is 1.50. The maximum Gasteiger partial charge on any atom is 0.224 e. The third-order valence-corrected chi connectivity index (χ3v) is 3.45. The van der Waals surface area contributed by atoms with Crippen molar-refractivity contribution in [3.05, 3.63) is 35.4 Å². The second-order valence-electron chi connectivity index (χ2n) is 4.81. The summed E-state index contributed by atoms with van der Waals surface area (Å²) in [5, 5.41) is 2.88. The summed E-state index contributed by atoms with van der Waals surface area (Å²) in [4.78, 5) is 11.8. The minimum absolute atomic E-state index is 0.0406. The summed E-state index contributed by atoms with van der Waals surface area (Å²) in [6.07, 6.45) is 2.86. The third kappa shape index (κ3) is 2.67. The minimum Gasteiger partial charge on any atom is -0.349 e. The normalized spacial score (nSPS) is 17.1. The van der Waals surface area contributed by atoms with Crippen LogP contribution in [0.4, 0.5) is 8.78 Å². The van der Waals surface area contributed by atoms with Crippen molar-refractivity contribution in [2.45, 2.75) is 31.2 Å². The number of benzene rings is 1. The minimum atomic E-state index is -0.933. The first kappa shape index (κ1) is 13.0. The summed E-state index contributed by atoms with van der Waals surface area (Å²) >= 11 is 0. The lowest BCUT2D eigenvalue weighted by molar-refractivity contribution is -0.123. The van der Waals surface area contributed by atoms with Crippen molar-refractivity contribution in [1.82, 2.24) is 5.32 Å². The topological polar surface area (TPSA) is 55.1 Å². The highest BCUT2D eigenvalue weighted by Gasteiger charge is 2.36. The molecule has 1 aliphatic rings. The zero-order valence-corrected chi connectivity index (χ0v) is 10.0. The van der Waals surface area contributed by atoms with Gasteiger partial charge in [0, 0.05) is 6.54 Å². The Kier molecular flexibility index (Phi) is 3.61. The number of halogens is 2. The molecule has 2 rings (SSSR count). The first-order valence-electron chi connectivity index (χ1n) is 6.00. The molecule has 0 spiro atoms. The SMILES string of the molecule is NCC1(NC(=O)Cc2ccc(F)c(F)c2)CCC1. The highest BCUT2D eigenvalue weighted by molar-refractivity contribution is 5.79. The molecule has 0 aromatic heterocycles. The first-order chi connectivity index (χ1) is 8.54. The fourth-order valence-electron chi connectivity index (χ4n) is 2.16. The molecule has 0 radical (unpaired) electrons. The van der Waals surface area contributed by atoms with Gasteiger partial charge in [0.1, 0.15) is 0 Å². The molecule has 1 aromatic rings. The largest absolute Gasteiger partial charge is 0.349 e. The zero-order chi connectivity index (χ0) is 13.2. The Morgan fingerprint density at radius 2 is 2.06 bits per heavy atom. The molecule has 0 atom stereocenters. The standard InChI is InChI=1S/C13H16F2N2O/c14-10-3-2-9(6-11(10)15)7-12(18)17-13(8-16)4-1-5-13/h2-3,6H,1,4-5,7-8,16H2,(H,17,18). The molecule has 0 bridgehead atoms. The van der Waals surface area contributed by atoms with Gasteiger partial charge in [-0.25, -0.2) is 8.78 Å². The van der Waals surface area contributed by atoms with Crippen molar-refractivity contribution in [1.29, 1.82) is 0 Å². The van der Waals surface area contributed by atoms with Crippen molar-refractivity contribution in [2.24, 2.45) is 5.73 Å². The highest BCUT2D eigenvalue weighted by Crippen LogP contribution is 2.30. The van der Waals surface area contributed by atoms with E-state index in [0.717, 1.165) is 31.4 Å². The summed E-state index contributed by atoms with van der Waals surface area (Å²) < 4.78 is 25.7. The van der Waals surface area contributed by atoms with Crippen molar-refractivity contribution in [3.8, 4) is 0 Å². The van der Waals surface area contributed by atoms with Crippen LogP contribution in [0.2, 0.25) is 0 Å². The lowest BCUT2D eigenvalue weighted by Crippen LogP contribution is -2.58. The van der Waals surface area contributed by atoms with Crippen LogP contribution in [0.1, 0.15) is 24.8 Å². The van der Waals surface area contributed by atoms with Gasteiger partial charge in [0.05, 0.1) is 12.0 Å². The number of hydrogen-bond acceptors (Lipinski definition) is 2. The molecule has 1 aromatic carbocycles. The van der Waals surface area contributed by atoms with E-state index >= 15 is 0 Å². The van der Waals surface area contributed by atoms with E-state index in [1.165, 1.54) is 6.07 Å². The van der Waals surface area contributed by atoms with E-state index in [1.54, 1.807) is 0 Å². The Balaban J connectivity index is 1.96. The summed E-state index contributed by atoms with van der Waals surface area (Å²) in [5.41, 5.74) is 5.80. The second-order valence-corrected chi connectivity index (χ2v) is 4.81. The Hall–Kier alpha value is -1.49. The van der Waals surface area contributed by atoms with Gasteiger partial charge in [-0.15, -0.1) is 0 Å². The van der Waals surface area contributed by atoms with Crippen molar-refractivity contribution in [3.63, 3.8) is 0 Å². The second kappa shape index (κ2) is 5.02. The van der Waals surface area contributed by atoms with Gasteiger partial charge < -0.3 is 11.1 Å². The molecule has 0 saturated heterocycles.